The first-order valence-electron chi connectivity index (χ1n) is 5.37. The highest BCUT2D eigenvalue weighted by molar-refractivity contribution is 5.49. The van der Waals surface area contributed by atoms with Crippen LogP contribution in [0.5, 0.6) is 11.5 Å². The fraction of sp³-hybridized carbons (Fsp3) is 0.500. The van der Waals surface area contributed by atoms with Crippen LogP contribution in [0.1, 0.15) is 18.1 Å². The third-order valence-electron chi connectivity index (χ3n) is 2.64. The lowest BCUT2D eigenvalue weighted by atomic mass is 9.99. The zero-order valence-electron chi connectivity index (χ0n) is 9.66. The molecule has 0 fully saturated rings. The Morgan fingerprint density at radius 2 is 2.31 bits per heavy atom. The molecule has 0 radical (unpaired) electrons. The van der Waals surface area contributed by atoms with E-state index in [1.54, 1.807) is 7.11 Å². The number of hydrogen-bond acceptors (Lipinski definition) is 4. The first-order chi connectivity index (χ1) is 7.72. The zero-order valence-corrected chi connectivity index (χ0v) is 9.66. The topological polar surface area (TPSA) is 53.7 Å². The molecule has 0 amide bonds. The van der Waals surface area contributed by atoms with Crippen molar-refractivity contribution in [2.45, 2.75) is 26.0 Å². The summed E-state index contributed by atoms with van der Waals surface area (Å²) in [7, 11) is 1.66. The fourth-order valence-corrected chi connectivity index (χ4v) is 1.93. The van der Waals surface area contributed by atoms with Crippen molar-refractivity contribution in [3.63, 3.8) is 0 Å². The van der Waals surface area contributed by atoms with Crippen LogP contribution in [0, 0.1) is 0 Å². The molecule has 1 aliphatic rings. The van der Waals surface area contributed by atoms with Gasteiger partial charge in [0, 0.05) is 17.2 Å². The van der Waals surface area contributed by atoms with Crippen LogP contribution in [-0.4, -0.2) is 19.9 Å². The minimum absolute atomic E-state index is 0.0855. The monoisotopic (exact) mass is 223 g/mol. The highest BCUT2D eigenvalue weighted by Gasteiger charge is 2.19. The molecular weight excluding hydrogens is 206 g/mol. The normalized spacial score (nSPS) is 16.2. The van der Waals surface area contributed by atoms with E-state index in [0.29, 0.717) is 13.4 Å². The van der Waals surface area contributed by atoms with Crippen LogP contribution in [0.25, 0.3) is 0 Å². The van der Waals surface area contributed by atoms with Crippen LogP contribution < -0.4 is 15.2 Å². The molecule has 1 unspecified atom stereocenters. The van der Waals surface area contributed by atoms with Crippen molar-refractivity contribution >= 4 is 0 Å². The predicted molar refractivity (Wildman–Crippen MR) is 60.6 cm³/mol. The lowest BCUT2D eigenvalue weighted by molar-refractivity contribution is -0.0170. The zero-order chi connectivity index (χ0) is 11.5. The summed E-state index contributed by atoms with van der Waals surface area (Å²) in [5, 5.41) is 0. The summed E-state index contributed by atoms with van der Waals surface area (Å²) < 4.78 is 16.1. The van der Waals surface area contributed by atoms with Gasteiger partial charge in [-0.1, -0.05) is 0 Å². The second-order valence-corrected chi connectivity index (χ2v) is 4.02. The molecule has 1 aromatic carbocycles. The number of fused-ring (bicyclic) bond motifs is 1. The van der Waals surface area contributed by atoms with E-state index in [0.717, 1.165) is 29.0 Å². The van der Waals surface area contributed by atoms with Gasteiger partial charge in [0.25, 0.3) is 0 Å². The molecule has 0 aromatic heterocycles. The van der Waals surface area contributed by atoms with E-state index in [4.69, 9.17) is 19.9 Å². The molecule has 1 aliphatic heterocycles. The van der Waals surface area contributed by atoms with Crippen molar-refractivity contribution in [2.75, 3.05) is 13.9 Å². The van der Waals surface area contributed by atoms with Gasteiger partial charge >= 0.3 is 0 Å². The maximum absolute atomic E-state index is 5.84. The molecule has 16 heavy (non-hydrogen) atoms. The molecule has 88 valence electrons. The van der Waals surface area contributed by atoms with Crippen LogP contribution in [0.2, 0.25) is 0 Å². The standard InChI is InChI=1S/C12H17NO3/c1-8(13)5-9-10-6-15-7-16-12(10)4-3-11(9)14-2/h3-4,8H,5-7,13H2,1-2H3. The van der Waals surface area contributed by atoms with E-state index in [2.05, 4.69) is 0 Å². The molecule has 0 bridgehead atoms. The van der Waals surface area contributed by atoms with Gasteiger partial charge < -0.3 is 19.9 Å². The first kappa shape index (κ1) is 11.2. The van der Waals surface area contributed by atoms with Crippen molar-refractivity contribution in [3.8, 4) is 11.5 Å². The lowest BCUT2D eigenvalue weighted by Gasteiger charge is -2.23. The molecule has 0 saturated carbocycles. The molecule has 1 heterocycles. The van der Waals surface area contributed by atoms with Crippen molar-refractivity contribution < 1.29 is 14.2 Å². The molecule has 0 aliphatic carbocycles. The summed E-state index contributed by atoms with van der Waals surface area (Å²) in [5.74, 6) is 1.73. The third kappa shape index (κ3) is 2.13. The molecule has 2 rings (SSSR count). The molecule has 2 N–H and O–H groups in total. The molecule has 0 spiro atoms. The van der Waals surface area contributed by atoms with Crippen LogP contribution in [-0.2, 0) is 17.8 Å². The summed E-state index contributed by atoms with van der Waals surface area (Å²) in [6, 6.07) is 3.92. The van der Waals surface area contributed by atoms with E-state index in [9.17, 15) is 0 Å². The van der Waals surface area contributed by atoms with Gasteiger partial charge in [-0.15, -0.1) is 0 Å². The number of ether oxygens (including phenoxy) is 3. The Bertz CT molecular complexity index is 377. The summed E-state index contributed by atoms with van der Waals surface area (Å²) in [4.78, 5) is 0. The van der Waals surface area contributed by atoms with E-state index in [-0.39, 0.29) is 6.04 Å². The second kappa shape index (κ2) is 4.72. The van der Waals surface area contributed by atoms with E-state index in [1.807, 2.05) is 19.1 Å². The largest absolute Gasteiger partial charge is 0.496 e. The maximum atomic E-state index is 5.84. The third-order valence-corrected chi connectivity index (χ3v) is 2.64. The Morgan fingerprint density at radius 1 is 1.50 bits per heavy atom. The van der Waals surface area contributed by atoms with Crippen molar-refractivity contribution in [1.29, 1.82) is 0 Å². The number of nitrogens with two attached hydrogens (primary N) is 1. The summed E-state index contributed by atoms with van der Waals surface area (Å²) in [6.45, 7) is 2.86. The van der Waals surface area contributed by atoms with Gasteiger partial charge in [0.15, 0.2) is 6.79 Å². The van der Waals surface area contributed by atoms with Crippen molar-refractivity contribution in [2.24, 2.45) is 5.73 Å². The quantitative estimate of drug-likeness (QED) is 0.842. The highest BCUT2D eigenvalue weighted by atomic mass is 16.7. The number of benzene rings is 1. The Hall–Kier alpha value is -1.26. The lowest BCUT2D eigenvalue weighted by Crippen LogP contribution is -2.21. The van der Waals surface area contributed by atoms with Crippen LogP contribution >= 0.6 is 0 Å². The first-order valence-corrected chi connectivity index (χ1v) is 5.37. The van der Waals surface area contributed by atoms with Gasteiger partial charge in [-0.2, -0.15) is 0 Å². The molecule has 4 nitrogen and oxygen atoms in total. The summed E-state index contributed by atoms with van der Waals surface area (Å²) in [5.41, 5.74) is 7.99. The smallest absolute Gasteiger partial charge is 0.189 e. The van der Waals surface area contributed by atoms with E-state index >= 15 is 0 Å². The molecule has 4 heteroatoms. The van der Waals surface area contributed by atoms with Crippen LogP contribution in [0.3, 0.4) is 0 Å². The second-order valence-electron chi connectivity index (χ2n) is 4.02. The predicted octanol–water partition coefficient (Wildman–Crippen LogP) is 1.45. The summed E-state index contributed by atoms with van der Waals surface area (Å²) in [6.07, 6.45) is 0.763. The van der Waals surface area contributed by atoms with Crippen molar-refractivity contribution in [3.05, 3.63) is 23.3 Å². The molecule has 1 atom stereocenters. The molecule has 1 aromatic rings. The maximum Gasteiger partial charge on any atom is 0.189 e. The SMILES string of the molecule is COc1ccc2c(c1CC(C)N)COCO2. The van der Waals surface area contributed by atoms with E-state index in [1.165, 1.54) is 0 Å². The van der Waals surface area contributed by atoms with E-state index < -0.39 is 0 Å². The molecule has 0 saturated heterocycles. The van der Waals surface area contributed by atoms with Gasteiger partial charge in [0.05, 0.1) is 13.7 Å². The van der Waals surface area contributed by atoms with Crippen LogP contribution in [0.4, 0.5) is 0 Å². The van der Waals surface area contributed by atoms with Gasteiger partial charge in [0.2, 0.25) is 0 Å². The Morgan fingerprint density at radius 3 is 3.00 bits per heavy atom. The van der Waals surface area contributed by atoms with Gasteiger partial charge in [-0.25, -0.2) is 0 Å². The average molecular weight is 223 g/mol. The Kier molecular flexibility index (Phi) is 3.31. The Labute approximate surface area is 95.3 Å². The number of hydrogen-bond donors (Lipinski definition) is 1. The highest BCUT2D eigenvalue weighted by Crippen LogP contribution is 2.33. The molecular formula is C12H17NO3. The number of methoxy groups -OCH3 is 1. The van der Waals surface area contributed by atoms with Crippen molar-refractivity contribution in [1.82, 2.24) is 0 Å². The van der Waals surface area contributed by atoms with Crippen LogP contribution in [0.15, 0.2) is 12.1 Å². The van der Waals surface area contributed by atoms with Gasteiger partial charge in [-0.05, 0) is 25.5 Å². The number of rotatable bonds is 3. The fourth-order valence-electron chi connectivity index (χ4n) is 1.93. The summed E-state index contributed by atoms with van der Waals surface area (Å²) >= 11 is 0. The van der Waals surface area contributed by atoms with Gasteiger partial charge in [-0.3, -0.25) is 0 Å². The minimum Gasteiger partial charge on any atom is -0.496 e. The minimum atomic E-state index is 0.0855. The Balaban J connectivity index is 2.43. The average Bonchev–Trinajstić information content (AvgIpc) is 2.29. The van der Waals surface area contributed by atoms with Gasteiger partial charge in [0.1, 0.15) is 11.5 Å².